The molecule has 0 aliphatic carbocycles. The summed E-state index contributed by atoms with van der Waals surface area (Å²) in [7, 11) is 0. The van der Waals surface area contributed by atoms with Gasteiger partial charge in [0.05, 0.1) is 4.88 Å². The van der Waals surface area contributed by atoms with Gasteiger partial charge in [-0.05, 0) is 55.8 Å². The molecule has 1 saturated heterocycles. The maximum atomic E-state index is 12.2. The van der Waals surface area contributed by atoms with E-state index in [0.717, 1.165) is 28.4 Å². The van der Waals surface area contributed by atoms with Crippen LogP contribution < -0.4 is 5.32 Å². The first-order valence-corrected chi connectivity index (χ1v) is 8.65. The SMILES string of the molecule is O=C(NCCN1CCCCC1)c1ccc(-c2ccncc2)s1. The first-order chi connectivity index (χ1) is 10.8. The second kappa shape index (κ2) is 7.51. The molecule has 1 fully saturated rings. The maximum absolute atomic E-state index is 12.2. The number of carbonyl (C=O) groups excluding carboxylic acids is 1. The first-order valence-electron chi connectivity index (χ1n) is 7.84. The molecule has 116 valence electrons. The Morgan fingerprint density at radius 3 is 2.68 bits per heavy atom. The summed E-state index contributed by atoms with van der Waals surface area (Å²) in [5, 5.41) is 3.03. The Bertz CT molecular complexity index is 605. The summed E-state index contributed by atoms with van der Waals surface area (Å²) in [5.41, 5.74) is 1.10. The van der Waals surface area contributed by atoms with Crippen LogP contribution in [0, 0.1) is 0 Å². The summed E-state index contributed by atoms with van der Waals surface area (Å²) in [6, 6.07) is 7.82. The Hall–Kier alpha value is -1.72. The van der Waals surface area contributed by atoms with Crippen molar-refractivity contribution in [2.24, 2.45) is 0 Å². The standard InChI is InChI=1S/C17H21N3OS/c21-17(19-10-13-20-11-2-1-3-12-20)16-5-4-15(22-16)14-6-8-18-9-7-14/h4-9H,1-3,10-13H2,(H,19,21). The minimum absolute atomic E-state index is 0.0299. The van der Waals surface area contributed by atoms with Crippen molar-refractivity contribution < 1.29 is 4.79 Å². The second-order valence-corrected chi connectivity index (χ2v) is 6.64. The van der Waals surface area contributed by atoms with Gasteiger partial charge in [0.1, 0.15) is 0 Å². The van der Waals surface area contributed by atoms with Crippen LogP contribution in [0.15, 0.2) is 36.7 Å². The second-order valence-electron chi connectivity index (χ2n) is 5.56. The van der Waals surface area contributed by atoms with E-state index in [0.29, 0.717) is 0 Å². The minimum atomic E-state index is 0.0299. The van der Waals surface area contributed by atoms with Gasteiger partial charge in [-0.1, -0.05) is 6.42 Å². The fourth-order valence-corrected chi connectivity index (χ4v) is 3.66. The smallest absolute Gasteiger partial charge is 0.261 e. The summed E-state index contributed by atoms with van der Waals surface area (Å²) in [4.78, 5) is 20.5. The number of piperidine rings is 1. The molecule has 1 aliphatic heterocycles. The van der Waals surface area contributed by atoms with Gasteiger partial charge in [-0.3, -0.25) is 9.78 Å². The van der Waals surface area contributed by atoms with Crippen molar-refractivity contribution in [3.8, 4) is 10.4 Å². The molecule has 0 saturated carbocycles. The van der Waals surface area contributed by atoms with Crippen molar-refractivity contribution in [1.29, 1.82) is 0 Å². The van der Waals surface area contributed by atoms with E-state index in [1.807, 2.05) is 24.3 Å². The van der Waals surface area contributed by atoms with E-state index >= 15 is 0 Å². The number of rotatable bonds is 5. The number of thiophene rings is 1. The predicted octanol–water partition coefficient (Wildman–Crippen LogP) is 3.03. The van der Waals surface area contributed by atoms with Crippen molar-refractivity contribution in [2.75, 3.05) is 26.2 Å². The summed E-state index contributed by atoms with van der Waals surface area (Å²) >= 11 is 1.53. The zero-order valence-corrected chi connectivity index (χ0v) is 13.4. The number of nitrogens with zero attached hydrogens (tertiary/aromatic N) is 2. The van der Waals surface area contributed by atoms with Gasteiger partial charge in [0.2, 0.25) is 0 Å². The third-order valence-corrected chi connectivity index (χ3v) is 5.09. The molecule has 22 heavy (non-hydrogen) atoms. The molecule has 0 aromatic carbocycles. The van der Waals surface area contributed by atoms with Crippen LogP contribution in [0.2, 0.25) is 0 Å². The monoisotopic (exact) mass is 315 g/mol. The van der Waals surface area contributed by atoms with Crippen LogP contribution in [0.4, 0.5) is 0 Å². The third-order valence-electron chi connectivity index (χ3n) is 3.96. The van der Waals surface area contributed by atoms with Crippen molar-refractivity contribution in [3.63, 3.8) is 0 Å². The van der Waals surface area contributed by atoms with Gasteiger partial charge in [-0.25, -0.2) is 0 Å². The highest BCUT2D eigenvalue weighted by molar-refractivity contribution is 7.17. The lowest BCUT2D eigenvalue weighted by molar-refractivity contribution is 0.0950. The molecule has 0 unspecified atom stereocenters. The molecule has 1 aliphatic rings. The van der Waals surface area contributed by atoms with E-state index < -0.39 is 0 Å². The zero-order chi connectivity index (χ0) is 15.2. The number of amides is 1. The first kappa shape index (κ1) is 15.2. The molecule has 0 radical (unpaired) electrons. The molecule has 1 amide bonds. The normalized spacial score (nSPS) is 15.6. The predicted molar refractivity (Wildman–Crippen MR) is 90.2 cm³/mol. The lowest BCUT2D eigenvalue weighted by Crippen LogP contribution is -2.37. The molecule has 0 bridgehead atoms. The van der Waals surface area contributed by atoms with Crippen LogP contribution in [-0.2, 0) is 0 Å². The molecule has 5 heteroatoms. The van der Waals surface area contributed by atoms with E-state index in [-0.39, 0.29) is 5.91 Å². The molecule has 1 N–H and O–H groups in total. The van der Waals surface area contributed by atoms with Crippen LogP contribution in [-0.4, -0.2) is 42.0 Å². The van der Waals surface area contributed by atoms with Crippen molar-refractivity contribution in [1.82, 2.24) is 15.2 Å². The largest absolute Gasteiger partial charge is 0.350 e. The van der Waals surface area contributed by atoms with Gasteiger partial charge in [-0.15, -0.1) is 11.3 Å². The minimum Gasteiger partial charge on any atom is -0.350 e. The van der Waals surface area contributed by atoms with Crippen LogP contribution in [0.3, 0.4) is 0 Å². The molecule has 3 rings (SSSR count). The summed E-state index contributed by atoms with van der Waals surface area (Å²) in [6.07, 6.45) is 7.46. The highest BCUT2D eigenvalue weighted by Crippen LogP contribution is 2.27. The molecular weight excluding hydrogens is 294 g/mol. The molecular formula is C17H21N3OS. The number of aromatic nitrogens is 1. The molecule has 0 spiro atoms. The molecule has 2 aromatic heterocycles. The van der Waals surface area contributed by atoms with Gasteiger partial charge in [0.25, 0.3) is 5.91 Å². The van der Waals surface area contributed by atoms with E-state index in [1.165, 1.54) is 43.7 Å². The fourth-order valence-electron chi connectivity index (χ4n) is 2.73. The van der Waals surface area contributed by atoms with Crippen molar-refractivity contribution in [2.45, 2.75) is 19.3 Å². The number of nitrogens with one attached hydrogen (secondary N) is 1. The van der Waals surface area contributed by atoms with Gasteiger partial charge in [-0.2, -0.15) is 0 Å². The van der Waals surface area contributed by atoms with Gasteiger partial charge >= 0.3 is 0 Å². The number of carbonyl (C=O) groups is 1. The van der Waals surface area contributed by atoms with E-state index in [4.69, 9.17) is 0 Å². The molecule has 4 nitrogen and oxygen atoms in total. The highest BCUT2D eigenvalue weighted by atomic mass is 32.1. The molecule has 2 aromatic rings. The van der Waals surface area contributed by atoms with E-state index in [1.54, 1.807) is 12.4 Å². The molecule has 3 heterocycles. The summed E-state index contributed by atoms with van der Waals surface area (Å²) < 4.78 is 0. The number of pyridine rings is 1. The Morgan fingerprint density at radius 1 is 1.14 bits per heavy atom. The topological polar surface area (TPSA) is 45.2 Å². The Kier molecular flexibility index (Phi) is 5.19. The van der Waals surface area contributed by atoms with Gasteiger partial charge < -0.3 is 10.2 Å². The average Bonchev–Trinajstić information content (AvgIpc) is 3.07. The van der Waals surface area contributed by atoms with Crippen LogP contribution in [0.25, 0.3) is 10.4 Å². The average molecular weight is 315 g/mol. The van der Waals surface area contributed by atoms with E-state index in [9.17, 15) is 4.79 Å². The lowest BCUT2D eigenvalue weighted by Gasteiger charge is -2.26. The lowest BCUT2D eigenvalue weighted by atomic mass is 10.1. The zero-order valence-electron chi connectivity index (χ0n) is 12.6. The Balaban J connectivity index is 1.51. The maximum Gasteiger partial charge on any atom is 0.261 e. The van der Waals surface area contributed by atoms with E-state index in [2.05, 4.69) is 15.2 Å². The highest BCUT2D eigenvalue weighted by Gasteiger charge is 2.12. The van der Waals surface area contributed by atoms with Crippen LogP contribution in [0.5, 0.6) is 0 Å². The van der Waals surface area contributed by atoms with Crippen LogP contribution >= 0.6 is 11.3 Å². The third kappa shape index (κ3) is 3.93. The quantitative estimate of drug-likeness (QED) is 0.922. The van der Waals surface area contributed by atoms with Gasteiger partial charge in [0.15, 0.2) is 0 Å². The number of hydrogen-bond donors (Lipinski definition) is 1. The number of hydrogen-bond acceptors (Lipinski definition) is 4. The van der Waals surface area contributed by atoms with Crippen molar-refractivity contribution >= 4 is 17.2 Å². The Labute approximate surface area is 135 Å². The van der Waals surface area contributed by atoms with Crippen LogP contribution in [0.1, 0.15) is 28.9 Å². The van der Waals surface area contributed by atoms with Gasteiger partial charge in [0, 0.05) is 30.4 Å². The summed E-state index contributed by atoms with van der Waals surface area (Å²) in [6.45, 7) is 4.01. The fraction of sp³-hybridized carbons (Fsp3) is 0.412. The number of likely N-dealkylation sites (tertiary alicyclic amines) is 1. The summed E-state index contributed by atoms with van der Waals surface area (Å²) in [5.74, 6) is 0.0299. The Morgan fingerprint density at radius 2 is 1.91 bits per heavy atom. The molecule has 0 atom stereocenters. The van der Waals surface area contributed by atoms with Crippen molar-refractivity contribution in [3.05, 3.63) is 41.5 Å².